The van der Waals surface area contributed by atoms with Gasteiger partial charge in [0.25, 0.3) is 0 Å². The molecule has 21 heavy (non-hydrogen) atoms. The van der Waals surface area contributed by atoms with Crippen molar-refractivity contribution in [2.75, 3.05) is 0 Å². The Morgan fingerprint density at radius 2 is 2.05 bits per heavy atom. The van der Waals surface area contributed by atoms with Crippen LogP contribution in [0.15, 0.2) is 52.8 Å². The molecule has 1 aromatic heterocycles. The number of hydrogen-bond donors (Lipinski definition) is 1. The van der Waals surface area contributed by atoms with Crippen LogP contribution in [0.4, 0.5) is 0 Å². The van der Waals surface area contributed by atoms with Crippen LogP contribution in [0.2, 0.25) is 0 Å². The van der Waals surface area contributed by atoms with Crippen molar-refractivity contribution in [2.45, 2.75) is 38.1 Å². The highest BCUT2D eigenvalue weighted by molar-refractivity contribution is 6.07. The zero-order chi connectivity index (χ0) is 14.5. The molecule has 0 amide bonds. The van der Waals surface area contributed by atoms with E-state index in [-0.39, 0.29) is 5.54 Å². The molecule has 0 bridgehead atoms. The molecule has 1 atom stereocenters. The third-order valence-corrected chi connectivity index (χ3v) is 3.81. The van der Waals surface area contributed by atoms with E-state index in [4.69, 9.17) is 4.99 Å². The monoisotopic (exact) mass is 280 g/mol. The largest absolute Gasteiger partial charge is 0.342 e. The molecule has 0 aliphatic carbocycles. The summed E-state index contributed by atoms with van der Waals surface area (Å²) >= 11 is 0. The number of amidine groups is 1. The van der Waals surface area contributed by atoms with Crippen LogP contribution in [0.3, 0.4) is 0 Å². The van der Waals surface area contributed by atoms with E-state index in [2.05, 4.69) is 46.1 Å². The van der Waals surface area contributed by atoms with E-state index in [0.717, 1.165) is 30.8 Å². The summed E-state index contributed by atoms with van der Waals surface area (Å²) in [5.41, 5.74) is 1.98. The SMILES string of the molecule is CCCCC1(Cc2ccccc2)C=NC(c2cnc[nH]2)=N1. The lowest BCUT2D eigenvalue weighted by Crippen LogP contribution is -2.29. The number of hydrogen-bond acceptors (Lipinski definition) is 3. The van der Waals surface area contributed by atoms with Crippen molar-refractivity contribution >= 4 is 12.1 Å². The number of nitrogens with zero attached hydrogens (tertiary/aromatic N) is 3. The summed E-state index contributed by atoms with van der Waals surface area (Å²) in [4.78, 5) is 16.6. The molecule has 0 saturated carbocycles. The van der Waals surface area contributed by atoms with Crippen molar-refractivity contribution in [3.63, 3.8) is 0 Å². The van der Waals surface area contributed by atoms with Crippen LogP contribution in [-0.2, 0) is 6.42 Å². The van der Waals surface area contributed by atoms with Crippen molar-refractivity contribution in [1.29, 1.82) is 0 Å². The Kier molecular flexibility index (Phi) is 3.95. The number of H-pyrrole nitrogens is 1. The fraction of sp³-hybridized carbons (Fsp3) is 0.353. The van der Waals surface area contributed by atoms with Crippen molar-refractivity contribution in [3.8, 4) is 0 Å². The summed E-state index contributed by atoms with van der Waals surface area (Å²) in [6.45, 7) is 2.21. The first-order valence-electron chi connectivity index (χ1n) is 7.49. The molecule has 1 unspecified atom stereocenters. The normalized spacial score (nSPS) is 20.7. The van der Waals surface area contributed by atoms with Gasteiger partial charge in [0.1, 0.15) is 11.2 Å². The van der Waals surface area contributed by atoms with Crippen LogP contribution < -0.4 is 0 Å². The van der Waals surface area contributed by atoms with Crippen LogP contribution in [0.25, 0.3) is 0 Å². The predicted octanol–water partition coefficient (Wildman–Crippen LogP) is 3.41. The summed E-state index contributed by atoms with van der Waals surface area (Å²) < 4.78 is 0. The molecule has 2 heterocycles. The van der Waals surface area contributed by atoms with Crippen LogP contribution in [0.5, 0.6) is 0 Å². The van der Waals surface area contributed by atoms with Gasteiger partial charge in [0.05, 0.1) is 12.5 Å². The van der Waals surface area contributed by atoms with Gasteiger partial charge < -0.3 is 4.98 Å². The second-order valence-corrected chi connectivity index (χ2v) is 5.53. The minimum atomic E-state index is -0.211. The lowest BCUT2D eigenvalue weighted by molar-refractivity contribution is 0.510. The predicted molar refractivity (Wildman–Crippen MR) is 86.0 cm³/mol. The number of imidazole rings is 1. The van der Waals surface area contributed by atoms with Crippen LogP contribution in [0, 0.1) is 0 Å². The first-order chi connectivity index (χ1) is 10.3. The molecule has 2 aromatic rings. The van der Waals surface area contributed by atoms with Gasteiger partial charge in [-0.05, 0) is 12.0 Å². The summed E-state index contributed by atoms with van der Waals surface area (Å²) in [6.07, 6.45) is 9.70. The topological polar surface area (TPSA) is 53.4 Å². The van der Waals surface area contributed by atoms with Gasteiger partial charge in [-0.2, -0.15) is 0 Å². The zero-order valence-corrected chi connectivity index (χ0v) is 12.3. The van der Waals surface area contributed by atoms with E-state index in [1.165, 1.54) is 12.0 Å². The number of benzene rings is 1. The highest BCUT2D eigenvalue weighted by Crippen LogP contribution is 2.27. The standard InChI is InChI=1S/C17H20N4/c1-2-3-9-17(10-14-7-5-4-6-8-14)12-19-16(21-17)15-11-18-13-20-15/h4-8,11-13H,2-3,9-10H2,1H3,(H,18,20). The van der Waals surface area contributed by atoms with Crippen LogP contribution in [-0.4, -0.2) is 27.6 Å². The Morgan fingerprint density at radius 3 is 2.76 bits per heavy atom. The first kappa shape index (κ1) is 13.7. The van der Waals surface area contributed by atoms with Crippen molar-refractivity contribution in [2.24, 2.45) is 9.98 Å². The second-order valence-electron chi connectivity index (χ2n) is 5.53. The maximum Gasteiger partial charge on any atom is 0.173 e. The molecular formula is C17H20N4. The Morgan fingerprint density at radius 1 is 1.19 bits per heavy atom. The number of unbranched alkanes of at least 4 members (excludes halogenated alkanes) is 1. The van der Waals surface area contributed by atoms with E-state index < -0.39 is 0 Å². The average Bonchev–Trinajstić information content (AvgIpc) is 3.16. The number of aromatic amines is 1. The van der Waals surface area contributed by atoms with Gasteiger partial charge in [0, 0.05) is 12.6 Å². The highest BCUT2D eigenvalue weighted by Gasteiger charge is 2.32. The molecule has 4 nitrogen and oxygen atoms in total. The smallest absolute Gasteiger partial charge is 0.173 e. The number of aliphatic imine (C=N–C) groups is 2. The molecule has 0 radical (unpaired) electrons. The quantitative estimate of drug-likeness (QED) is 0.866. The number of nitrogens with one attached hydrogen (secondary N) is 1. The fourth-order valence-electron chi connectivity index (χ4n) is 2.68. The number of rotatable bonds is 6. The minimum Gasteiger partial charge on any atom is -0.342 e. The van der Waals surface area contributed by atoms with E-state index >= 15 is 0 Å². The molecule has 108 valence electrons. The van der Waals surface area contributed by atoms with Gasteiger partial charge in [0.2, 0.25) is 0 Å². The highest BCUT2D eigenvalue weighted by atomic mass is 15.1. The maximum absolute atomic E-state index is 4.92. The average molecular weight is 280 g/mol. The second kappa shape index (κ2) is 6.04. The lowest BCUT2D eigenvalue weighted by atomic mass is 9.88. The van der Waals surface area contributed by atoms with Crippen LogP contribution >= 0.6 is 0 Å². The van der Waals surface area contributed by atoms with Crippen molar-refractivity contribution in [1.82, 2.24) is 9.97 Å². The molecule has 1 N–H and O–H groups in total. The summed E-state index contributed by atoms with van der Waals surface area (Å²) in [5.74, 6) is 0.763. The Hall–Kier alpha value is -2.23. The van der Waals surface area contributed by atoms with E-state index in [1.54, 1.807) is 12.5 Å². The molecule has 0 spiro atoms. The Balaban J connectivity index is 1.87. The molecule has 0 fully saturated rings. The van der Waals surface area contributed by atoms with Gasteiger partial charge >= 0.3 is 0 Å². The van der Waals surface area contributed by atoms with Crippen LogP contribution in [0.1, 0.15) is 37.4 Å². The zero-order valence-electron chi connectivity index (χ0n) is 12.3. The minimum absolute atomic E-state index is 0.211. The fourth-order valence-corrected chi connectivity index (χ4v) is 2.68. The van der Waals surface area contributed by atoms with Crippen molar-refractivity contribution in [3.05, 3.63) is 54.1 Å². The maximum atomic E-state index is 4.92. The molecule has 0 saturated heterocycles. The van der Waals surface area contributed by atoms with Gasteiger partial charge in [-0.1, -0.05) is 50.1 Å². The van der Waals surface area contributed by atoms with Gasteiger partial charge in [-0.25, -0.2) is 9.98 Å². The Labute approximate surface area is 125 Å². The molecular weight excluding hydrogens is 260 g/mol. The van der Waals surface area contributed by atoms with E-state index in [1.807, 2.05) is 12.3 Å². The Bertz CT molecular complexity index is 628. The third kappa shape index (κ3) is 3.10. The van der Waals surface area contributed by atoms with Crippen molar-refractivity contribution < 1.29 is 0 Å². The lowest BCUT2D eigenvalue weighted by Gasteiger charge is -2.23. The summed E-state index contributed by atoms with van der Waals surface area (Å²) in [7, 11) is 0. The molecule has 4 heteroatoms. The summed E-state index contributed by atoms with van der Waals surface area (Å²) in [5, 5.41) is 0. The molecule has 1 aromatic carbocycles. The third-order valence-electron chi connectivity index (χ3n) is 3.81. The van der Waals surface area contributed by atoms with E-state index in [9.17, 15) is 0 Å². The molecule has 1 aliphatic heterocycles. The molecule has 3 rings (SSSR count). The van der Waals surface area contributed by atoms with E-state index in [0.29, 0.717) is 0 Å². The van der Waals surface area contributed by atoms with Gasteiger partial charge in [-0.3, -0.25) is 4.99 Å². The van der Waals surface area contributed by atoms with Gasteiger partial charge in [-0.15, -0.1) is 0 Å². The van der Waals surface area contributed by atoms with Gasteiger partial charge in [0.15, 0.2) is 5.84 Å². The first-order valence-corrected chi connectivity index (χ1v) is 7.49. The summed E-state index contributed by atoms with van der Waals surface area (Å²) in [6, 6.07) is 10.5. The molecule has 1 aliphatic rings. The number of aromatic nitrogens is 2.